The van der Waals surface area contributed by atoms with E-state index in [-0.39, 0.29) is 12.6 Å². The summed E-state index contributed by atoms with van der Waals surface area (Å²) < 4.78 is 12.2. The van der Waals surface area contributed by atoms with Crippen molar-refractivity contribution in [2.75, 3.05) is 39.9 Å². The average Bonchev–Trinajstić information content (AvgIpc) is 2.13. The van der Waals surface area contributed by atoms with E-state index in [1.807, 2.05) is 7.05 Å². The SMILES string of the molecule is CN1CCNCC(CF)C1. The van der Waals surface area contributed by atoms with Crippen LogP contribution in [0.2, 0.25) is 0 Å². The second-order valence-electron chi connectivity index (χ2n) is 2.99. The van der Waals surface area contributed by atoms with Crippen molar-refractivity contribution in [3.63, 3.8) is 0 Å². The molecule has 60 valence electrons. The van der Waals surface area contributed by atoms with Crippen molar-refractivity contribution in [1.82, 2.24) is 10.2 Å². The second kappa shape index (κ2) is 3.88. The van der Waals surface area contributed by atoms with Crippen molar-refractivity contribution in [2.24, 2.45) is 5.92 Å². The molecule has 0 radical (unpaired) electrons. The van der Waals surface area contributed by atoms with Gasteiger partial charge in [-0.05, 0) is 7.05 Å². The van der Waals surface area contributed by atoms with Crippen LogP contribution >= 0.6 is 0 Å². The van der Waals surface area contributed by atoms with Crippen molar-refractivity contribution in [1.29, 1.82) is 0 Å². The summed E-state index contributed by atoms with van der Waals surface area (Å²) in [5.41, 5.74) is 0. The summed E-state index contributed by atoms with van der Waals surface area (Å²) >= 11 is 0. The first kappa shape index (κ1) is 7.95. The van der Waals surface area contributed by atoms with E-state index in [0.29, 0.717) is 0 Å². The molecule has 1 fully saturated rings. The highest BCUT2D eigenvalue weighted by atomic mass is 19.1. The summed E-state index contributed by atoms with van der Waals surface area (Å²) in [6.45, 7) is 3.56. The maximum absolute atomic E-state index is 12.2. The lowest BCUT2D eigenvalue weighted by molar-refractivity contribution is 0.269. The molecule has 1 rings (SSSR count). The molecule has 0 saturated carbocycles. The smallest absolute Gasteiger partial charge is 0.0946 e. The number of halogens is 1. The summed E-state index contributed by atoms with van der Waals surface area (Å²) in [6, 6.07) is 0. The van der Waals surface area contributed by atoms with Gasteiger partial charge in [-0.1, -0.05) is 0 Å². The van der Waals surface area contributed by atoms with Crippen LogP contribution in [0.15, 0.2) is 0 Å². The van der Waals surface area contributed by atoms with Crippen molar-refractivity contribution in [3.05, 3.63) is 0 Å². The fraction of sp³-hybridized carbons (Fsp3) is 1.00. The number of hydrogen-bond acceptors (Lipinski definition) is 2. The molecule has 1 saturated heterocycles. The van der Waals surface area contributed by atoms with Gasteiger partial charge in [0, 0.05) is 32.1 Å². The first-order chi connectivity index (χ1) is 4.83. The van der Waals surface area contributed by atoms with E-state index in [2.05, 4.69) is 10.2 Å². The Morgan fingerprint density at radius 1 is 1.70 bits per heavy atom. The van der Waals surface area contributed by atoms with Gasteiger partial charge in [0.1, 0.15) is 0 Å². The Labute approximate surface area is 61.4 Å². The molecule has 2 nitrogen and oxygen atoms in total. The fourth-order valence-corrected chi connectivity index (χ4v) is 1.28. The summed E-state index contributed by atoms with van der Waals surface area (Å²) in [6.07, 6.45) is 0. The zero-order valence-electron chi connectivity index (χ0n) is 6.44. The minimum Gasteiger partial charge on any atom is -0.315 e. The van der Waals surface area contributed by atoms with Gasteiger partial charge in [-0.3, -0.25) is 4.39 Å². The molecule has 3 heteroatoms. The summed E-state index contributed by atoms with van der Waals surface area (Å²) in [7, 11) is 2.04. The number of hydrogen-bond donors (Lipinski definition) is 1. The van der Waals surface area contributed by atoms with Gasteiger partial charge in [0.15, 0.2) is 0 Å². The predicted molar refractivity (Wildman–Crippen MR) is 39.8 cm³/mol. The van der Waals surface area contributed by atoms with Crippen LogP contribution in [-0.2, 0) is 0 Å². The van der Waals surface area contributed by atoms with Crippen molar-refractivity contribution < 1.29 is 4.39 Å². The molecule has 0 aromatic heterocycles. The Balaban J connectivity index is 2.30. The average molecular weight is 146 g/mol. The van der Waals surface area contributed by atoms with Gasteiger partial charge in [-0.25, -0.2) is 0 Å². The Kier molecular flexibility index (Phi) is 3.09. The third-order valence-electron chi connectivity index (χ3n) is 1.89. The molecule has 1 aliphatic rings. The molecule has 0 aromatic rings. The number of nitrogens with zero attached hydrogens (tertiary/aromatic N) is 1. The summed E-state index contributed by atoms with van der Waals surface area (Å²) in [5.74, 6) is 0.201. The Hall–Kier alpha value is -0.150. The first-order valence-electron chi connectivity index (χ1n) is 3.78. The van der Waals surface area contributed by atoms with Crippen LogP contribution in [-0.4, -0.2) is 44.8 Å². The zero-order chi connectivity index (χ0) is 7.40. The Morgan fingerprint density at radius 2 is 2.50 bits per heavy atom. The molecule has 1 unspecified atom stereocenters. The van der Waals surface area contributed by atoms with Crippen LogP contribution in [0.1, 0.15) is 0 Å². The Morgan fingerprint density at radius 3 is 3.20 bits per heavy atom. The van der Waals surface area contributed by atoms with Crippen LogP contribution < -0.4 is 5.32 Å². The number of nitrogens with one attached hydrogen (secondary N) is 1. The molecule has 1 heterocycles. The Bertz CT molecular complexity index is 97.6. The molecular formula is C7H15FN2. The minimum atomic E-state index is -0.197. The van der Waals surface area contributed by atoms with E-state index >= 15 is 0 Å². The zero-order valence-corrected chi connectivity index (χ0v) is 6.44. The highest BCUT2D eigenvalue weighted by Gasteiger charge is 2.13. The lowest BCUT2D eigenvalue weighted by atomic mass is 10.1. The largest absolute Gasteiger partial charge is 0.315 e. The molecule has 10 heavy (non-hydrogen) atoms. The normalized spacial score (nSPS) is 30.0. The second-order valence-corrected chi connectivity index (χ2v) is 2.99. The monoisotopic (exact) mass is 146 g/mol. The van der Waals surface area contributed by atoms with Crippen molar-refractivity contribution in [2.45, 2.75) is 0 Å². The standard InChI is InChI=1S/C7H15FN2/c1-10-3-2-9-5-7(4-8)6-10/h7,9H,2-6H2,1H3. The van der Waals surface area contributed by atoms with Gasteiger partial charge in [0.25, 0.3) is 0 Å². The van der Waals surface area contributed by atoms with Crippen LogP contribution in [0.3, 0.4) is 0 Å². The van der Waals surface area contributed by atoms with Crippen molar-refractivity contribution >= 4 is 0 Å². The number of alkyl halides is 1. The van der Waals surface area contributed by atoms with Gasteiger partial charge < -0.3 is 10.2 Å². The van der Waals surface area contributed by atoms with Gasteiger partial charge in [-0.15, -0.1) is 0 Å². The topological polar surface area (TPSA) is 15.3 Å². The maximum Gasteiger partial charge on any atom is 0.0946 e. The molecule has 0 aromatic carbocycles. The fourth-order valence-electron chi connectivity index (χ4n) is 1.28. The van der Waals surface area contributed by atoms with E-state index in [1.165, 1.54) is 0 Å². The van der Waals surface area contributed by atoms with Crippen LogP contribution in [0.25, 0.3) is 0 Å². The molecule has 0 spiro atoms. The molecule has 0 bridgehead atoms. The number of rotatable bonds is 1. The van der Waals surface area contributed by atoms with E-state index < -0.39 is 0 Å². The van der Waals surface area contributed by atoms with E-state index in [1.54, 1.807) is 0 Å². The van der Waals surface area contributed by atoms with Crippen LogP contribution in [0.4, 0.5) is 4.39 Å². The third-order valence-corrected chi connectivity index (χ3v) is 1.89. The highest BCUT2D eigenvalue weighted by molar-refractivity contribution is 4.70. The van der Waals surface area contributed by atoms with E-state index in [4.69, 9.17) is 0 Å². The molecular weight excluding hydrogens is 131 g/mol. The van der Waals surface area contributed by atoms with Gasteiger partial charge >= 0.3 is 0 Å². The third kappa shape index (κ3) is 2.23. The van der Waals surface area contributed by atoms with Gasteiger partial charge in [0.2, 0.25) is 0 Å². The van der Waals surface area contributed by atoms with Crippen LogP contribution in [0, 0.1) is 5.92 Å². The lowest BCUT2D eigenvalue weighted by Crippen LogP contribution is -2.26. The summed E-state index contributed by atoms with van der Waals surface area (Å²) in [5, 5.41) is 3.20. The minimum absolute atomic E-state index is 0.197. The van der Waals surface area contributed by atoms with Crippen molar-refractivity contribution in [3.8, 4) is 0 Å². The maximum atomic E-state index is 12.2. The van der Waals surface area contributed by atoms with Crippen LogP contribution in [0.5, 0.6) is 0 Å². The van der Waals surface area contributed by atoms with Gasteiger partial charge in [0.05, 0.1) is 6.67 Å². The quantitative estimate of drug-likeness (QED) is 0.564. The number of likely N-dealkylation sites (N-methyl/N-ethyl adjacent to an activating group) is 1. The highest BCUT2D eigenvalue weighted by Crippen LogP contribution is 2.01. The van der Waals surface area contributed by atoms with E-state index in [9.17, 15) is 4.39 Å². The molecule has 1 atom stereocenters. The first-order valence-corrected chi connectivity index (χ1v) is 3.78. The molecule has 1 N–H and O–H groups in total. The molecule has 0 aliphatic carbocycles. The molecule has 1 aliphatic heterocycles. The van der Waals surface area contributed by atoms with Gasteiger partial charge in [-0.2, -0.15) is 0 Å². The summed E-state index contributed by atoms with van der Waals surface area (Å²) in [4.78, 5) is 2.17. The predicted octanol–water partition coefficient (Wildman–Crippen LogP) is 0.107. The van der Waals surface area contributed by atoms with E-state index in [0.717, 1.165) is 26.2 Å². The molecule has 0 amide bonds. The lowest BCUT2D eigenvalue weighted by Gasteiger charge is -2.15.